The number of hydrogen-bond donors (Lipinski definition) is 0. The minimum Gasteiger partial charge on any atom is -0.383 e. The van der Waals surface area contributed by atoms with Gasteiger partial charge in [0.1, 0.15) is 9.84 Å². The molecule has 0 heterocycles. The summed E-state index contributed by atoms with van der Waals surface area (Å²) in [5.74, 6) is 0.526. The Bertz CT molecular complexity index is 226. The average Bonchev–Trinajstić information content (AvgIpc) is 2.03. The summed E-state index contributed by atoms with van der Waals surface area (Å²) in [6.07, 6.45) is 2.00. The first kappa shape index (κ1) is 14.2. The van der Waals surface area contributed by atoms with E-state index in [9.17, 15) is 8.42 Å². The Morgan fingerprint density at radius 1 is 1.36 bits per heavy atom. The fourth-order valence-electron chi connectivity index (χ4n) is 1.20. The number of methoxy groups -OCH3 is 1. The van der Waals surface area contributed by atoms with Crippen molar-refractivity contribution >= 4 is 21.4 Å². The molecule has 0 radical (unpaired) electrons. The average molecular weight is 243 g/mol. The Hall–Kier alpha value is 0.200. The maximum absolute atomic E-state index is 11.3. The third kappa shape index (κ3) is 7.59. The second-order valence-electron chi connectivity index (χ2n) is 3.35. The minimum absolute atomic E-state index is 0.0724. The maximum Gasteiger partial charge on any atom is 0.150 e. The van der Waals surface area contributed by atoms with E-state index in [1.165, 1.54) is 0 Å². The van der Waals surface area contributed by atoms with E-state index in [-0.39, 0.29) is 16.9 Å². The molecule has 1 atom stereocenters. The monoisotopic (exact) mass is 242 g/mol. The van der Waals surface area contributed by atoms with Crippen molar-refractivity contribution in [3.8, 4) is 0 Å². The largest absolute Gasteiger partial charge is 0.383 e. The smallest absolute Gasteiger partial charge is 0.150 e. The van der Waals surface area contributed by atoms with Crippen molar-refractivity contribution in [1.82, 2.24) is 0 Å². The Morgan fingerprint density at radius 3 is 2.50 bits per heavy atom. The molecule has 14 heavy (non-hydrogen) atoms. The van der Waals surface area contributed by atoms with Crippen molar-refractivity contribution < 1.29 is 13.2 Å². The summed E-state index contributed by atoms with van der Waals surface area (Å²) in [5.41, 5.74) is 0. The van der Waals surface area contributed by atoms with Crippen LogP contribution in [0.1, 0.15) is 26.2 Å². The van der Waals surface area contributed by atoms with Crippen LogP contribution in [-0.4, -0.2) is 39.0 Å². The molecule has 1 unspecified atom stereocenters. The second-order valence-corrected chi connectivity index (χ2v) is 6.27. The SMILES string of the molecule is CCCS(=O)(=O)CCCC(Cl)COC. The third-order valence-electron chi connectivity index (χ3n) is 1.84. The van der Waals surface area contributed by atoms with Crippen LogP contribution in [0.15, 0.2) is 0 Å². The van der Waals surface area contributed by atoms with E-state index in [4.69, 9.17) is 16.3 Å². The normalized spacial score (nSPS) is 14.2. The lowest BCUT2D eigenvalue weighted by molar-refractivity contribution is 0.195. The zero-order chi connectivity index (χ0) is 11.0. The van der Waals surface area contributed by atoms with Crippen LogP contribution in [0.2, 0.25) is 0 Å². The molecular formula is C9H19ClO3S. The lowest BCUT2D eigenvalue weighted by Crippen LogP contribution is -2.13. The molecule has 0 N–H and O–H groups in total. The first-order valence-corrected chi connectivity index (χ1v) is 7.11. The molecule has 0 saturated carbocycles. The van der Waals surface area contributed by atoms with Gasteiger partial charge in [-0.2, -0.15) is 0 Å². The lowest BCUT2D eigenvalue weighted by atomic mass is 10.2. The van der Waals surface area contributed by atoms with Crippen LogP contribution in [0.5, 0.6) is 0 Å². The zero-order valence-corrected chi connectivity index (χ0v) is 10.4. The fourth-order valence-corrected chi connectivity index (χ4v) is 2.91. The summed E-state index contributed by atoms with van der Waals surface area (Å²) in [6, 6.07) is 0. The molecule has 3 nitrogen and oxygen atoms in total. The van der Waals surface area contributed by atoms with Crippen molar-refractivity contribution in [2.75, 3.05) is 25.2 Å². The van der Waals surface area contributed by atoms with E-state index in [1.54, 1.807) is 7.11 Å². The van der Waals surface area contributed by atoms with Crippen molar-refractivity contribution in [3.05, 3.63) is 0 Å². The second kappa shape index (κ2) is 7.49. The van der Waals surface area contributed by atoms with Gasteiger partial charge in [-0.1, -0.05) is 6.92 Å². The molecule has 0 amide bonds. The standard InChI is InChI=1S/C9H19ClO3S/c1-3-6-14(11,12)7-4-5-9(10)8-13-2/h9H,3-8H2,1-2H3. The first-order chi connectivity index (χ1) is 6.52. The number of rotatable bonds is 8. The van der Waals surface area contributed by atoms with Gasteiger partial charge >= 0.3 is 0 Å². The van der Waals surface area contributed by atoms with Gasteiger partial charge in [0, 0.05) is 12.9 Å². The van der Waals surface area contributed by atoms with E-state index < -0.39 is 9.84 Å². The Labute approximate surface area is 91.7 Å². The van der Waals surface area contributed by atoms with Gasteiger partial charge in [-0.05, 0) is 19.3 Å². The van der Waals surface area contributed by atoms with E-state index in [1.807, 2.05) is 6.92 Å². The minimum atomic E-state index is -2.84. The molecule has 0 aromatic heterocycles. The van der Waals surface area contributed by atoms with Gasteiger partial charge in [-0.25, -0.2) is 8.42 Å². The molecule has 0 saturated heterocycles. The predicted octanol–water partition coefficient (Wildman–Crippen LogP) is 1.85. The van der Waals surface area contributed by atoms with Gasteiger partial charge in [-0.15, -0.1) is 11.6 Å². The molecule has 0 spiro atoms. The van der Waals surface area contributed by atoms with Crippen molar-refractivity contribution in [2.45, 2.75) is 31.6 Å². The first-order valence-electron chi connectivity index (χ1n) is 4.85. The summed E-state index contributed by atoms with van der Waals surface area (Å²) in [7, 11) is -1.26. The summed E-state index contributed by atoms with van der Waals surface area (Å²) in [4.78, 5) is 0. The van der Waals surface area contributed by atoms with Crippen LogP contribution in [0.4, 0.5) is 0 Å². The molecule has 0 bridgehead atoms. The zero-order valence-electron chi connectivity index (χ0n) is 8.83. The molecule has 0 fully saturated rings. The predicted molar refractivity (Wildman–Crippen MR) is 59.7 cm³/mol. The Morgan fingerprint density at radius 2 is 2.00 bits per heavy atom. The molecule has 0 aromatic rings. The molecule has 0 rings (SSSR count). The molecular weight excluding hydrogens is 224 g/mol. The molecule has 0 aromatic carbocycles. The van der Waals surface area contributed by atoms with Crippen LogP contribution < -0.4 is 0 Å². The van der Waals surface area contributed by atoms with Gasteiger partial charge in [-0.3, -0.25) is 0 Å². The van der Waals surface area contributed by atoms with Gasteiger partial charge in [0.05, 0.1) is 17.7 Å². The highest BCUT2D eigenvalue weighted by Crippen LogP contribution is 2.08. The highest BCUT2D eigenvalue weighted by atomic mass is 35.5. The lowest BCUT2D eigenvalue weighted by Gasteiger charge is -2.07. The van der Waals surface area contributed by atoms with Crippen LogP contribution in [0, 0.1) is 0 Å². The Balaban J connectivity index is 3.63. The summed E-state index contributed by atoms with van der Waals surface area (Å²) in [5, 5.41) is -0.0724. The maximum atomic E-state index is 11.3. The summed E-state index contributed by atoms with van der Waals surface area (Å²) in [6.45, 7) is 2.35. The van der Waals surface area contributed by atoms with E-state index >= 15 is 0 Å². The number of hydrogen-bond acceptors (Lipinski definition) is 3. The molecule has 0 aliphatic heterocycles. The Kier molecular flexibility index (Phi) is 7.59. The van der Waals surface area contributed by atoms with Crippen LogP contribution in [0.3, 0.4) is 0 Å². The van der Waals surface area contributed by atoms with Crippen LogP contribution in [-0.2, 0) is 14.6 Å². The number of sulfone groups is 1. The summed E-state index contributed by atoms with van der Waals surface area (Å²) >= 11 is 5.87. The molecule has 0 aliphatic rings. The quantitative estimate of drug-likeness (QED) is 0.610. The highest BCUT2D eigenvalue weighted by molar-refractivity contribution is 7.91. The van der Waals surface area contributed by atoms with Crippen molar-refractivity contribution in [3.63, 3.8) is 0 Å². The number of halogens is 1. The molecule has 86 valence electrons. The topological polar surface area (TPSA) is 43.4 Å². The van der Waals surface area contributed by atoms with Gasteiger partial charge in [0.25, 0.3) is 0 Å². The van der Waals surface area contributed by atoms with Crippen molar-refractivity contribution in [1.29, 1.82) is 0 Å². The van der Waals surface area contributed by atoms with E-state index in [0.717, 1.165) is 0 Å². The van der Waals surface area contributed by atoms with Crippen LogP contribution >= 0.6 is 11.6 Å². The molecule has 5 heteroatoms. The number of ether oxygens (including phenoxy) is 1. The third-order valence-corrected chi connectivity index (χ3v) is 4.12. The fraction of sp³-hybridized carbons (Fsp3) is 1.00. The number of alkyl halides is 1. The van der Waals surface area contributed by atoms with Gasteiger partial charge < -0.3 is 4.74 Å². The van der Waals surface area contributed by atoms with Crippen molar-refractivity contribution in [2.24, 2.45) is 0 Å². The van der Waals surface area contributed by atoms with Gasteiger partial charge in [0.15, 0.2) is 0 Å². The summed E-state index contributed by atoms with van der Waals surface area (Å²) < 4.78 is 27.4. The van der Waals surface area contributed by atoms with Gasteiger partial charge in [0.2, 0.25) is 0 Å². The molecule has 0 aliphatic carbocycles. The van der Waals surface area contributed by atoms with Crippen LogP contribution in [0.25, 0.3) is 0 Å². The van der Waals surface area contributed by atoms with E-state index in [0.29, 0.717) is 25.9 Å². The van der Waals surface area contributed by atoms with E-state index in [2.05, 4.69) is 0 Å². The highest BCUT2D eigenvalue weighted by Gasteiger charge is 2.10.